The monoisotopic (exact) mass is 338 g/mol. The standard InChI is InChI=1S/C16H22N2O4S/c1-11(19)16(20)18-8-7-12-5-6-15(9-13(12)10-18)23(21,22)17-14-3-2-4-14/h5-6,9,11,14,17,19H,2-4,7-8,10H2,1H3. The lowest BCUT2D eigenvalue weighted by atomic mass is 9.94. The van der Waals surface area contributed by atoms with Crippen LogP contribution in [0.2, 0.25) is 0 Å². The Morgan fingerprint density at radius 2 is 2.09 bits per heavy atom. The molecule has 2 aliphatic rings. The number of benzene rings is 1. The Hall–Kier alpha value is -1.44. The van der Waals surface area contributed by atoms with Gasteiger partial charge in [0, 0.05) is 19.1 Å². The number of fused-ring (bicyclic) bond motifs is 1. The maximum absolute atomic E-state index is 12.4. The summed E-state index contributed by atoms with van der Waals surface area (Å²) in [5.41, 5.74) is 1.89. The summed E-state index contributed by atoms with van der Waals surface area (Å²) >= 11 is 0. The minimum Gasteiger partial charge on any atom is -0.384 e. The van der Waals surface area contributed by atoms with E-state index in [1.54, 1.807) is 17.0 Å². The molecule has 1 heterocycles. The molecule has 1 atom stereocenters. The molecule has 1 aliphatic carbocycles. The maximum Gasteiger partial charge on any atom is 0.251 e. The van der Waals surface area contributed by atoms with Gasteiger partial charge in [-0.25, -0.2) is 13.1 Å². The fourth-order valence-corrected chi connectivity index (χ4v) is 4.32. The summed E-state index contributed by atoms with van der Waals surface area (Å²) in [6, 6.07) is 5.16. The number of sulfonamides is 1. The number of amides is 1. The zero-order chi connectivity index (χ0) is 16.6. The third kappa shape index (κ3) is 3.41. The molecule has 2 N–H and O–H groups in total. The van der Waals surface area contributed by atoms with Crippen LogP contribution in [0, 0.1) is 0 Å². The zero-order valence-corrected chi connectivity index (χ0v) is 14.0. The van der Waals surface area contributed by atoms with Crippen LogP contribution in [-0.4, -0.2) is 43.0 Å². The van der Waals surface area contributed by atoms with Gasteiger partial charge in [-0.15, -0.1) is 0 Å². The van der Waals surface area contributed by atoms with Gasteiger partial charge >= 0.3 is 0 Å². The predicted octanol–water partition coefficient (Wildman–Crippen LogP) is 0.783. The van der Waals surface area contributed by atoms with Crippen LogP contribution in [0.5, 0.6) is 0 Å². The van der Waals surface area contributed by atoms with E-state index in [1.807, 2.05) is 6.07 Å². The van der Waals surface area contributed by atoms with Crippen molar-refractivity contribution in [1.82, 2.24) is 9.62 Å². The summed E-state index contributed by atoms with van der Waals surface area (Å²) in [7, 11) is -3.51. The van der Waals surface area contributed by atoms with E-state index >= 15 is 0 Å². The van der Waals surface area contributed by atoms with E-state index in [2.05, 4.69) is 4.72 Å². The van der Waals surface area contributed by atoms with Gasteiger partial charge in [0.15, 0.2) is 0 Å². The minimum atomic E-state index is -3.51. The first-order valence-corrected chi connectivity index (χ1v) is 9.46. The summed E-state index contributed by atoms with van der Waals surface area (Å²) in [6.07, 6.45) is 2.48. The van der Waals surface area contributed by atoms with E-state index in [-0.39, 0.29) is 16.8 Å². The molecule has 0 saturated heterocycles. The van der Waals surface area contributed by atoms with E-state index in [0.29, 0.717) is 19.5 Å². The van der Waals surface area contributed by atoms with Crippen LogP contribution in [0.25, 0.3) is 0 Å². The van der Waals surface area contributed by atoms with Crippen molar-refractivity contribution < 1.29 is 18.3 Å². The van der Waals surface area contributed by atoms with Crippen LogP contribution in [0.1, 0.15) is 37.3 Å². The molecule has 0 aromatic heterocycles. The van der Waals surface area contributed by atoms with Gasteiger partial charge in [0.05, 0.1) is 4.90 Å². The van der Waals surface area contributed by atoms with Crippen molar-refractivity contribution in [3.05, 3.63) is 29.3 Å². The van der Waals surface area contributed by atoms with E-state index in [0.717, 1.165) is 30.4 Å². The fourth-order valence-electron chi connectivity index (χ4n) is 2.97. The number of hydrogen-bond donors (Lipinski definition) is 2. The van der Waals surface area contributed by atoms with Gasteiger partial charge < -0.3 is 10.0 Å². The number of nitrogens with one attached hydrogen (secondary N) is 1. The molecule has 3 rings (SSSR count). The summed E-state index contributed by atoms with van der Waals surface area (Å²) in [5, 5.41) is 9.44. The second-order valence-corrected chi connectivity index (χ2v) is 8.08. The van der Waals surface area contributed by atoms with Crippen molar-refractivity contribution in [3.8, 4) is 0 Å². The van der Waals surface area contributed by atoms with E-state index in [9.17, 15) is 18.3 Å². The van der Waals surface area contributed by atoms with Crippen molar-refractivity contribution in [1.29, 1.82) is 0 Å². The Morgan fingerprint density at radius 3 is 2.70 bits per heavy atom. The fraction of sp³-hybridized carbons (Fsp3) is 0.562. The number of aliphatic hydroxyl groups is 1. The molecule has 23 heavy (non-hydrogen) atoms. The summed E-state index contributed by atoms with van der Waals surface area (Å²) in [4.78, 5) is 13.7. The van der Waals surface area contributed by atoms with Gasteiger partial charge in [0.2, 0.25) is 10.0 Å². The number of hydrogen-bond acceptors (Lipinski definition) is 4. The number of nitrogens with zero attached hydrogens (tertiary/aromatic N) is 1. The largest absolute Gasteiger partial charge is 0.384 e. The highest BCUT2D eigenvalue weighted by Gasteiger charge is 2.27. The molecule has 1 aromatic rings. The number of carbonyl (C=O) groups is 1. The molecule has 0 bridgehead atoms. The molecular weight excluding hydrogens is 316 g/mol. The third-order valence-electron chi connectivity index (χ3n) is 4.60. The number of carbonyl (C=O) groups excluding carboxylic acids is 1. The Labute approximate surface area is 136 Å². The lowest BCUT2D eigenvalue weighted by molar-refractivity contribution is -0.140. The van der Waals surface area contributed by atoms with E-state index in [1.165, 1.54) is 6.92 Å². The van der Waals surface area contributed by atoms with Crippen molar-refractivity contribution in [3.63, 3.8) is 0 Å². The first kappa shape index (κ1) is 16.4. The van der Waals surface area contributed by atoms with Gasteiger partial charge in [-0.05, 0) is 49.4 Å². The zero-order valence-electron chi connectivity index (χ0n) is 13.2. The van der Waals surface area contributed by atoms with Crippen molar-refractivity contribution in [2.45, 2.75) is 56.2 Å². The normalized spacial score (nSPS) is 19.8. The summed E-state index contributed by atoms with van der Waals surface area (Å²) in [5.74, 6) is -0.323. The molecule has 7 heteroatoms. The van der Waals surface area contributed by atoms with Crippen molar-refractivity contribution in [2.75, 3.05) is 6.54 Å². The molecule has 126 valence electrons. The Kier molecular flexibility index (Phi) is 4.44. The molecule has 6 nitrogen and oxygen atoms in total. The SMILES string of the molecule is CC(O)C(=O)N1CCc2ccc(S(=O)(=O)NC3CCC3)cc2C1. The topological polar surface area (TPSA) is 86.7 Å². The van der Waals surface area contributed by atoms with Gasteiger partial charge in [-0.1, -0.05) is 12.5 Å². The Morgan fingerprint density at radius 1 is 1.35 bits per heavy atom. The van der Waals surface area contributed by atoms with Gasteiger partial charge in [0.25, 0.3) is 5.91 Å². The molecular formula is C16H22N2O4S. The molecule has 1 unspecified atom stereocenters. The molecule has 1 aromatic carbocycles. The second-order valence-electron chi connectivity index (χ2n) is 6.37. The molecule has 1 amide bonds. The summed E-state index contributed by atoms with van der Waals surface area (Å²) in [6.45, 7) is 2.33. The van der Waals surface area contributed by atoms with Crippen LogP contribution < -0.4 is 4.72 Å². The molecule has 1 saturated carbocycles. The highest BCUT2D eigenvalue weighted by molar-refractivity contribution is 7.89. The van der Waals surface area contributed by atoms with Crippen LogP contribution in [0.3, 0.4) is 0 Å². The van der Waals surface area contributed by atoms with Crippen molar-refractivity contribution in [2.24, 2.45) is 0 Å². The maximum atomic E-state index is 12.4. The van der Waals surface area contributed by atoms with Crippen LogP contribution in [-0.2, 0) is 27.8 Å². The van der Waals surface area contributed by atoms with Gasteiger partial charge in [-0.3, -0.25) is 4.79 Å². The van der Waals surface area contributed by atoms with Crippen molar-refractivity contribution >= 4 is 15.9 Å². The lowest BCUT2D eigenvalue weighted by Crippen LogP contribution is -2.41. The first-order chi connectivity index (χ1) is 10.9. The van der Waals surface area contributed by atoms with E-state index in [4.69, 9.17) is 0 Å². The predicted molar refractivity (Wildman–Crippen MR) is 85.2 cm³/mol. The summed E-state index contributed by atoms with van der Waals surface area (Å²) < 4.78 is 27.5. The third-order valence-corrected chi connectivity index (χ3v) is 6.11. The lowest BCUT2D eigenvalue weighted by Gasteiger charge is -2.30. The highest BCUT2D eigenvalue weighted by Crippen LogP contribution is 2.25. The average Bonchev–Trinajstić information content (AvgIpc) is 2.49. The second kappa shape index (κ2) is 6.22. The van der Waals surface area contributed by atoms with Crippen LogP contribution >= 0.6 is 0 Å². The quantitative estimate of drug-likeness (QED) is 0.849. The molecule has 1 aliphatic heterocycles. The Bertz CT molecular complexity index is 711. The molecule has 1 fully saturated rings. The smallest absolute Gasteiger partial charge is 0.251 e. The highest BCUT2D eigenvalue weighted by atomic mass is 32.2. The van der Waals surface area contributed by atoms with Crippen LogP contribution in [0.4, 0.5) is 0 Å². The minimum absolute atomic E-state index is 0.0457. The molecule has 0 radical (unpaired) electrons. The number of rotatable bonds is 4. The molecule has 0 spiro atoms. The number of aliphatic hydroxyl groups excluding tert-OH is 1. The van der Waals surface area contributed by atoms with E-state index < -0.39 is 16.1 Å². The Balaban J connectivity index is 1.81. The average molecular weight is 338 g/mol. The van der Waals surface area contributed by atoms with Gasteiger partial charge in [-0.2, -0.15) is 0 Å². The van der Waals surface area contributed by atoms with Crippen LogP contribution in [0.15, 0.2) is 23.1 Å². The first-order valence-electron chi connectivity index (χ1n) is 7.98. The van der Waals surface area contributed by atoms with Gasteiger partial charge in [0.1, 0.15) is 6.10 Å².